The third-order valence-corrected chi connectivity index (χ3v) is 5.02. The van der Waals surface area contributed by atoms with E-state index >= 15 is 0 Å². The second-order valence-electron chi connectivity index (χ2n) is 6.14. The molecule has 2 unspecified atom stereocenters. The van der Waals surface area contributed by atoms with Crippen LogP contribution in [0.15, 0.2) is 6.33 Å². The molecule has 1 N–H and O–H groups in total. The molecule has 1 saturated heterocycles. The average molecular weight is 296 g/mol. The van der Waals surface area contributed by atoms with Gasteiger partial charge in [-0.15, -0.1) is 0 Å². The summed E-state index contributed by atoms with van der Waals surface area (Å²) in [5.41, 5.74) is 0. The van der Waals surface area contributed by atoms with Crippen molar-refractivity contribution in [3.8, 4) is 0 Å². The van der Waals surface area contributed by atoms with Gasteiger partial charge in [-0.25, -0.2) is 9.67 Å². The van der Waals surface area contributed by atoms with Gasteiger partial charge in [0.05, 0.1) is 0 Å². The molecule has 0 amide bonds. The summed E-state index contributed by atoms with van der Waals surface area (Å²) in [4.78, 5) is 4.49. The first-order valence-corrected chi connectivity index (χ1v) is 9.04. The number of nitrogens with zero attached hydrogens (tertiary/aromatic N) is 3. The van der Waals surface area contributed by atoms with Crippen LogP contribution in [0.5, 0.6) is 0 Å². The van der Waals surface area contributed by atoms with Gasteiger partial charge in [0.2, 0.25) is 0 Å². The van der Waals surface area contributed by atoms with E-state index in [0.29, 0.717) is 12.0 Å². The van der Waals surface area contributed by atoms with Gasteiger partial charge in [-0.05, 0) is 42.7 Å². The molecule has 2 atom stereocenters. The Morgan fingerprint density at radius 2 is 2.35 bits per heavy atom. The lowest BCUT2D eigenvalue weighted by atomic mass is 9.95. The van der Waals surface area contributed by atoms with Crippen molar-refractivity contribution < 1.29 is 0 Å². The van der Waals surface area contributed by atoms with Crippen molar-refractivity contribution in [3.05, 3.63) is 12.2 Å². The van der Waals surface area contributed by atoms with Crippen LogP contribution in [0.1, 0.15) is 39.4 Å². The van der Waals surface area contributed by atoms with Gasteiger partial charge in [0, 0.05) is 19.0 Å². The molecule has 1 fully saturated rings. The molecule has 1 aromatic rings. The summed E-state index contributed by atoms with van der Waals surface area (Å²) in [7, 11) is 0. The molecule has 0 saturated carbocycles. The van der Waals surface area contributed by atoms with E-state index in [1.54, 1.807) is 6.33 Å². The first kappa shape index (κ1) is 15.8. The molecule has 2 heterocycles. The molecule has 0 radical (unpaired) electrons. The molecule has 1 aliphatic heterocycles. The predicted molar refractivity (Wildman–Crippen MR) is 86.1 cm³/mol. The van der Waals surface area contributed by atoms with Gasteiger partial charge in [-0.3, -0.25) is 0 Å². The van der Waals surface area contributed by atoms with Gasteiger partial charge in [0.25, 0.3) is 0 Å². The summed E-state index contributed by atoms with van der Waals surface area (Å²) in [6.45, 7) is 8.76. The zero-order chi connectivity index (χ0) is 14.4. The van der Waals surface area contributed by atoms with Crippen LogP contribution in [-0.4, -0.2) is 38.9 Å². The smallest absolute Gasteiger partial charge is 0.138 e. The average Bonchev–Trinajstić information content (AvgIpc) is 3.05. The highest BCUT2D eigenvalue weighted by atomic mass is 32.2. The fraction of sp³-hybridized carbons (Fsp3) is 0.867. The quantitative estimate of drug-likeness (QED) is 0.801. The Balaban J connectivity index is 2.00. The van der Waals surface area contributed by atoms with Crippen LogP contribution < -0.4 is 5.32 Å². The molecule has 4 nitrogen and oxygen atoms in total. The van der Waals surface area contributed by atoms with Gasteiger partial charge in [-0.1, -0.05) is 20.8 Å². The number of thioether (sulfide) groups is 1. The fourth-order valence-corrected chi connectivity index (χ4v) is 4.08. The Bertz CT molecular complexity index is 385. The molecule has 0 spiro atoms. The maximum atomic E-state index is 4.49. The maximum Gasteiger partial charge on any atom is 0.138 e. The van der Waals surface area contributed by atoms with E-state index in [0.717, 1.165) is 31.3 Å². The maximum absolute atomic E-state index is 4.49. The van der Waals surface area contributed by atoms with E-state index in [2.05, 4.69) is 52.6 Å². The summed E-state index contributed by atoms with van der Waals surface area (Å²) in [5.74, 6) is 5.15. The first-order valence-electron chi connectivity index (χ1n) is 7.88. The van der Waals surface area contributed by atoms with Crippen molar-refractivity contribution in [2.45, 2.75) is 52.6 Å². The van der Waals surface area contributed by atoms with Crippen LogP contribution in [0.3, 0.4) is 0 Å². The van der Waals surface area contributed by atoms with E-state index < -0.39 is 0 Å². The van der Waals surface area contributed by atoms with Gasteiger partial charge in [0.15, 0.2) is 0 Å². The van der Waals surface area contributed by atoms with Crippen LogP contribution in [0.4, 0.5) is 0 Å². The molecule has 20 heavy (non-hydrogen) atoms. The standard InChI is InChI=1S/C15H28N4S/c1-4-6-16-14(13-5-7-20-10-13)8-15-17-11-18-19(15)9-12(2)3/h11-14,16H,4-10H2,1-3H3. The third-order valence-electron chi connectivity index (χ3n) is 3.83. The second kappa shape index (κ2) is 8.03. The molecule has 1 aliphatic rings. The Morgan fingerprint density at radius 1 is 1.50 bits per heavy atom. The Morgan fingerprint density at radius 3 is 3.00 bits per heavy atom. The van der Waals surface area contributed by atoms with Crippen molar-refractivity contribution in [1.29, 1.82) is 0 Å². The van der Waals surface area contributed by atoms with Crippen LogP contribution in [0.2, 0.25) is 0 Å². The minimum atomic E-state index is 0.556. The number of hydrogen-bond donors (Lipinski definition) is 1. The van der Waals surface area contributed by atoms with Crippen molar-refractivity contribution in [3.63, 3.8) is 0 Å². The number of nitrogens with one attached hydrogen (secondary N) is 1. The molecule has 0 aliphatic carbocycles. The normalized spacial score (nSPS) is 20.7. The minimum Gasteiger partial charge on any atom is -0.313 e. The highest BCUT2D eigenvalue weighted by molar-refractivity contribution is 7.99. The highest BCUT2D eigenvalue weighted by Crippen LogP contribution is 2.27. The van der Waals surface area contributed by atoms with Crippen molar-refractivity contribution in [1.82, 2.24) is 20.1 Å². The summed E-state index contributed by atoms with van der Waals surface area (Å²) in [6.07, 6.45) is 5.25. The Hall–Kier alpha value is -0.550. The molecular weight excluding hydrogens is 268 g/mol. The molecule has 5 heteroatoms. The van der Waals surface area contributed by atoms with Gasteiger partial charge in [0.1, 0.15) is 12.2 Å². The number of hydrogen-bond acceptors (Lipinski definition) is 4. The van der Waals surface area contributed by atoms with Crippen LogP contribution >= 0.6 is 11.8 Å². The summed E-state index contributed by atoms with van der Waals surface area (Å²) in [6, 6.07) is 0.556. The number of rotatable bonds is 8. The molecule has 2 rings (SSSR count). The number of aromatic nitrogens is 3. The zero-order valence-corrected chi connectivity index (χ0v) is 13.8. The zero-order valence-electron chi connectivity index (χ0n) is 13.0. The van der Waals surface area contributed by atoms with Crippen LogP contribution in [0, 0.1) is 11.8 Å². The molecular formula is C15H28N4S. The molecule has 0 aromatic carbocycles. The van der Waals surface area contributed by atoms with Crippen molar-refractivity contribution >= 4 is 11.8 Å². The lowest BCUT2D eigenvalue weighted by Crippen LogP contribution is -2.39. The van der Waals surface area contributed by atoms with Crippen LogP contribution in [-0.2, 0) is 13.0 Å². The molecule has 0 bridgehead atoms. The van der Waals surface area contributed by atoms with E-state index in [1.807, 2.05) is 0 Å². The van der Waals surface area contributed by atoms with Crippen molar-refractivity contribution in [2.75, 3.05) is 18.1 Å². The van der Waals surface area contributed by atoms with Gasteiger partial charge < -0.3 is 5.32 Å². The molecule has 1 aromatic heterocycles. The highest BCUT2D eigenvalue weighted by Gasteiger charge is 2.26. The second-order valence-corrected chi connectivity index (χ2v) is 7.29. The largest absolute Gasteiger partial charge is 0.313 e. The van der Waals surface area contributed by atoms with E-state index in [9.17, 15) is 0 Å². The third kappa shape index (κ3) is 4.48. The predicted octanol–water partition coefficient (Wildman–Crippen LogP) is 2.60. The minimum absolute atomic E-state index is 0.556. The van der Waals surface area contributed by atoms with Crippen molar-refractivity contribution in [2.24, 2.45) is 11.8 Å². The Kier molecular flexibility index (Phi) is 6.36. The lowest BCUT2D eigenvalue weighted by molar-refractivity contribution is 0.362. The van der Waals surface area contributed by atoms with Gasteiger partial charge in [-0.2, -0.15) is 16.9 Å². The lowest BCUT2D eigenvalue weighted by Gasteiger charge is -2.24. The fourth-order valence-electron chi connectivity index (χ4n) is 2.75. The summed E-state index contributed by atoms with van der Waals surface area (Å²) >= 11 is 2.09. The molecule has 114 valence electrons. The summed E-state index contributed by atoms with van der Waals surface area (Å²) < 4.78 is 2.09. The monoisotopic (exact) mass is 296 g/mol. The van der Waals surface area contributed by atoms with Crippen LogP contribution in [0.25, 0.3) is 0 Å². The topological polar surface area (TPSA) is 42.7 Å². The van der Waals surface area contributed by atoms with E-state index in [1.165, 1.54) is 24.3 Å². The first-order chi connectivity index (χ1) is 9.70. The Labute approximate surface area is 127 Å². The van der Waals surface area contributed by atoms with E-state index in [-0.39, 0.29) is 0 Å². The van der Waals surface area contributed by atoms with E-state index in [4.69, 9.17) is 0 Å². The summed E-state index contributed by atoms with van der Waals surface area (Å²) in [5, 5.41) is 8.12. The SMILES string of the molecule is CCCNC(Cc1ncnn1CC(C)C)C1CCSC1. The van der Waals surface area contributed by atoms with Gasteiger partial charge >= 0.3 is 0 Å².